The lowest BCUT2D eigenvalue weighted by Gasteiger charge is -2.11. The summed E-state index contributed by atoms with van der Waals surface area (Å²) in [6.07, 6.45) is 3.01. The first kappa shape index (κ1) is 18.8. The summed E-state index contributed by atoms with van der Waals surface area (Å²) in [4.78, 5) is 22.4. The molecule has 0 heterocycles. The minimum Gasteiger partial charge on any atom is -0.493 e. The molecule has 1 aromatic rings. The van der Waals surface area contributed by atoms with Gasteiger partial charge in [0, 0.05) is 26.1 Å². The van der Waals surface area contributed by atoms with Crippen LogP contribution in [0.5, 0.6) is 11.5 Å². The highest BCUT2D eigenvalue weighted by atomic mass is 35.5. The van der Waals surface area contributed by atoms with Gasteiger partial charge in [-0.15, -0.1) is 0 Å². The molecule has 0 bridgehead atoms. The monoisotopic (exact) mass is 340 g/mol. The summed E-state index contributed by atoms with van der Waals surface area (Å²) in [6.45, 7) is 4.50. The van der Waals surface area contributed by atoms with Gasteiger partial charge in [0.05, 0.1) is 18.7 Å². The van der Waals surface area contributed by atoms with Crippen LogP contribution in [-0.2, 0) is 9.59 Å². The summed E-state index contributed by atoms with van der Waals surface area (Å²) < 4.78 is 10.7. The second-order valence-corrected chi connectivity index (χ2v) is 4.98. The highest BCUT2D eigenvalue weighted by Gasteiger charge is 2.10. The fourth-order valence-corrected chi connectivity index (χ4v) is 2.05. The number of carbonyl (C=O) groups is 2. The molecule has 1 rings (SSSR count). The Morgan fingerprint density at radius 2 is 1.96 bits per heavy atom. The minimum atomic E-state index is -0.265. The fourth-order valence-electron chi connectivity index (χ4n) is 1.78. The van der Waals surface area contributed by atoms with Crippen LogP contribution in [-0.4, -0.2) is 38.6 Å². The van der Waals surface area contributed by atoms with Gasteiger partial charge in [-0.1, -0.05) is 11.6 Å². The van der Waals surface area contributed by atoms with Crippen molar-refractivity contribution in [2.45, 2.75) is 13.8 Å². The van der Waals surface area contributed by atoms with E-state index in [-0.39, 0.29) is 11.8 Å². The summed E-state index contributed by atoms with van der Waals surface area (Å²) in [5.74, 6) is 0.587. The van der Waals surface area contributed by atoms with E-state index in [2.05, 4.69) is 10.6 Å². The molecular formula is C16H21ClN2O4. The topological polar surface area (TPSA) is 76.7 Å². The van der Waals surface area contributed by atoms with Gasteiger partial charge in [-0.2, -0.15) is 0 Å². The van der Waals surface area contributed by atoms with Crippen LogP contribution in [0.15, 0.2) is 18.2 Å². The van der Waals surface area contributed by atoms with Crippen molar-refractivity contribution in [2.24, 2.45) is 0 Å². The fraction of sp³-hybridized carbons (Fsp3) is 0.375. The molecule has 0 atom stereocenters. The number of hydrogen-bond donors (Lipinski definition) is 2. The molecular weight excluding hydrogens is 320 g/mol. The first-order chi connectivity index (χ1) is 11.0. The molecule has 0 fully saturated rings. The number of nitrogens with one attached hydrogen (secondary N) is 2. The third-order valence-electron chi connectivity index (χ3n) is 2.77. The molecule has 2 amide bonds. The molecule has 2 N–H and O–H groups in total. The van der Waals surface area contributed by atoms with Crippen molar-refractivity contribution in [2.75, 3.05) is 26.8 Å². The largest absolute Gasteiger partial charge is 0.493 e. The normalized spacial score (nSPS) is 10.4. The zero-order valence-corrected chi connectivity index (χ0v) is 14.2. The lowest BCUT2D eigenvalue weighted by molar-refractivity contribution is -0.119. The third-order valence-corrected chi connectivity index (χ3v) is 3.05. The van der Waals surface area contributed by atoms with Gasteiger partial charge in [0.2, 0.25) is 11.8 Å². The number of halogens is 1. The highest BCUT2D eigenvalue weighted by molar-refractivity contribution is 6.32. The van der Waals surface area contributed by atoms with Gasteiger partial charge < -0.3 is 20.1 Å². The first-order valence-electron chi connectivity index (χ1n) is 7.18. The average Bonchev–Trinajstić information content (AvgIpc) is 2.51. The molecule has 0 radical (unpaired) electrons. The van der Waals surface area contributed by atoms with Crippen LogP contribution in [0.4, 0.5) is 0 Å². The van der Waals surface area contributed by atoms with Crippen LogP contribution >= 0.6 is 11.6 Å². The lowest BCUT2D eigenvalue weighted by Crippen LogP contribution is -2.32. The van der Waals surface area contributed by atoms with Crippen LogP contribution in [0.3, 0.4) is 0 Å². The molecule has 0 aliphatic heterocycles. The molecule has 7 heteroatoms. The van der Waals surface area contributed by atoms with Crippen molar-refractivity contribution in [1.29, 1.82) is 0 Å². The second-order valence-electron chi connectivity index (χ2n) is 4.57. The maximum Gasteiger partial charge on any atom is 0.244 e. The van der Waals surface area contributed by atoms with Crippen molar-refractivity contribution in [3.63, 3.8) is 0 Å². The second kappa shape index (κ2) is 9.74. The molecule has 0 spiro atoms. The van der Waals surface area contributed by atoms with Crippen LogP contribution < -0.4 is 20.1 Å². The predicted octanol–water partition coefficient (Wildman–Crippen LogP) is 2.01. The predicted molar refractivity (Wildman–Crippen MR) is 89.9 cm³/mol. The van der Waals surface area contributed by atoms with Gasteiger partial charge in [0.1, 0.15) is 0 Å². The van der Waals surface area contributed by atoms with E-state index < -0.39 is 0 Å². The van der Waals surface area contributed by atoms with E-state index in [9.17, 15) is 9.59 Å². The molecule has 23 heavy (non-hydrogen) atoms. The molecule has 0 aromatic heterocycles. The zero-order valence-electron chi connectivity index (χ0n) is 13.4. The highest BCUT2D eigenvalue weighted by Crippen LogP contribution is 2.36. The van der Waals surface area contributed by atoms with Crippen molar-refractivity contribution in [1.82, 2.24) is 10.6 Å². The van der Waals surface area contributed by atoms with Crippen LogP contribution in [0, 0.1) is 0 Å². The van der Waals surface area contributed by atoms with E-state index in [0.717, 1.165) is 0 Å². The molecule has 126 valence electrons. The zero-order chi connectivity index (χ0) is 17.2. The van der Waals surface area contributed by atoms with E-state index in [1.54, 1.807) is 18.2 Å². The number of amides is 2. The van der Waals surface area contributed by atoms with E-state index in [1.165, 1.54) is 20.1 Å². The summed E-state index contributed by atoms with van der Waals surface area (Å²) in [5, 5.41) is 5.66. The number of hydrogen-bond acceptors (Lipinski definition) is 4. The van der Waals surface area contributed by atoms with E-state index in [1.807, 2.05) is 6.92 Å². The molecule has 6 nitrogen and oxygen atoms in total. The van der Waals surface area contributed by atoms with Crippen molar-refractivity contribution < 1.29 is 19.1 Å². The minimum absolute atomic E-state index is 0.133. The molecule has 0 unspecified atom stereocenters. The Morgan fingerprint density at radius 3 is 2.57 bits per heavy atom. The van der Waals surface area contributed by atoms with Gasteiger partial charge in [-0.05, 0) is 30.7 Å². The molecule has 0 aliphatic rings. The van der Waals surface area contributed by atoms with E-state index >= 15 is 0 Å². The SMILES string of the molecule is CCOc1c(Cl)cc(C=CC(=O)NCCNC(C)=O)cc1OC. The summed E-state index contributed by atoms with van der Waals surface area (Å²) >= 11 is 6.16. The Bertz CT molecular complexity index is 588. The van der Waals surface area contributed by atoms with E-state index in [0.29, 0.717) is 41.8 Å². The first-order valence-corrected chi connectivity index (χ1v) is 7.56. The third kappa shape index (κ3) is 6.61. The smallest absolute Gasteiger partial charge is 0.244 e. The van der Waals surface area contributed by atoms with Crippen molar-refractivity contribution in [3.8, 4) is 11.5 Å². The average molecular weight is 341 g/mol. The van der Waals surface area contributed by atoms with Crippen LogP contribution in [0.2, 0.25) is 5.02 Å². The number of rotatable bonds is 8. The van der Waals surface area contributed by atoms with Crippen molar-refractivity contribution in [3.05, 3.63) is 28.8 Å². The maximum atomic E-state index is 11.7. The van der Waals surface area contributed by atoms with Crippen LogP contribution in [0.1, 0.15) is 19.4 Å². The maximum absolute atomic E-state index is 11.7. The Balaban J connectivity index is 2.67. The number of ether oxygens (including phenoxy) is 2. The quantitative estimate of drug-likeness (QED) is 0.560. The lowest BCUT2D eigenvalue weighted by atomic mass is 10.2. The Hall–Kier alpha value is -2.21. The molecule has 0 saturated carbocycles. The van der Waals surface area contributed by atoms with E-state index in [4.69, 9.17) is 21.1 Å². The number of carbonyl (C=O) groups excluding carboxylic acids is 2. The van der Waals surface area contributed by atoms with Gasteiger partial charge >= 0.3 is 0 Å². The Kier molecular flexibility index (Phi) is 7.97. The van der Waals surface area contributed by atoms with Gasteiger partial charge in [-0.25, -0.2) is 0 Å². The Morgan fingerprint density at radius 1 is 1.26 bits per heavy atom. The molecule has 0 aliphatic carbocycles. The van der Waals surface area contributed by atoms with Gasteiger partial charge in [0.15, 0.2) is 11.5 Å². The van der Waals surface area contributed by atoms with Gasteiger partial charge in [-0.3, -0.25) is 9.59 Å². The molecule has 0 saturated heterocycles. The number of methoxy groups -OCH3 is 1. The van der Waals surface area contributed by atoms with Crippen molar-refractivity contribution >= 4 is 29.5 Å². The number of benzene rings is 1. The summed E-state index contributed by atoms with van der Waals surface area (Å²) in [5.41, 5.74) is 0.715. The summed E-state index contributed by atoms with van der Waals surface area (Å²) in [6, 6.07) is 3.42. The van der Waals surface area contributed by atoms with Crippen LogP contribution in [0.25, 0.3) is 6.08 Å². The summed E-state index contributed by atoms with van der Waals surface area (Å²) in [7, 11) is 1.52. The van der Waals surface area contributed by atoms with Gasteiger partial charge in [0.25, 0.3) is 0 Å². The standard InChI is InChI=1S/C16H21ClN2O4/c1-4-23-16-13(17)9-12(10-14(16)22-3)5-6-15(21)19-8-7-18-11(2)20/h5-6,9-10H,4,7-8H2,1-3H3,(H,18,20)(H,19,21). The molecule has 1 aromatic carbocycles. The Labute approximate surface area is 140 Å².